The molecule has 9 heteroatoms. The van der Waals surface area contributed by atoms with Gasteiger partial charge in [0.2, 0.25) is 16.9 Å². The number of benzene rings is 1. The highest BCUT2D eigenvalue weighted by atomic mass is 32.2. The fraction of sp³-hybridized carbons (Fsp3) is 0.263. The highest BCUT2D eigenvalue weighted by Crippen LogP contribution is 2.23. The van der Waals surface area contributed by atoms with Gasteiger partial charge in [-0.15, -0.1) is 10.2 Å². The normalized spacial score (nSPS) is 11.4. The molecule has 0 atom stereocenters. The zero-order valence-corrected chi connectivity index (χ0v) is 16.6. The van der Waals surface area contributed by atoms with Gasteiger partial charge in [0.1, 0.15) is 0 Å². The molecule has 3 aromatic rings. The van der Waals surface area contributed by atoms with E-state index >= 15 is 0 Å². The van der Waals surface area contributed by atoms with E-state index in [0.717, 1.165) is 17.3 Å². The summed E-state index contributed by atoms with van der Waals surface area (Å²) in [5, 5.41) is 10.6. The van der Waals surface area contributed by atoms with Gasteiger partial charge in [0.15, 0.2) is 5.76 Å². The third-order valence-corrected chi connectivity index (χ3v) is 4.95. The van der Waals surface area contributed by atoms with Crippen molar-refractivity contribution in [2.45, 2.75) is 31.3 Å². The molecule has 0 fully saturated rings. The number of nitrogens with two attached hydrogens (primary N) is 1. The molecular weight excluding hydrogens is 378 g/mol. The third kappa shape index (κ3) is 4.42. The average molecular weight is 399 g/mol. The highest BCUT2D eigenvalue weighted by Gasteiger charge is 2.18. The maximum Gasteiger partial charge on any atom is 0.257 e. The van der Waals surface area contributed by atoms with Crippen LogP contribution in [0.2, 0.25) is 0 Å². The summed E-state index contributed by atoms with van der Waals surface area (Å²) >= 11 is 1.07. The number of hydrogen-bond acceptors (Lipinski definition) is 7. The molecule has 3 rings (SSSR count). The van der Waals surface area contributed by atoms with Crippen molar-refractivity contribution in [2.75, 3.05) is 11.6 Å². The molecular formula is C19H21N5O3S. The fourth-order valence-electron chi connectivity index (χ4n) is 2.44. The Morgan fingerprint density at radius 1 is 1.18 bits per heavy atom. The summed E-state index contributed by atoms with van der Waals surface area (Å²) in [7, 11) is 0. The van der Waals surface area contributed by atoms with Crippen molar-refractivity contribution in [2.24, 2.45) is 0 Å². The molecule has 0 aliphatic rings. The number of amides is 2. The summed E-state index contributed by atoms with van der Waals surface area (Å²) in [5.74, 6) is 5.83. The SMILES string of the molecule is CC(C)(C)c1ccc(C(=O)NC(=O)CSc2nnc(-c3ccco3)n2N)cc1. The van der Waals surface area contributed by atoms with E-state index in [0.29, 0.717) is 22.3 Å². The van der Waals surface area contributed by atoms with E-state index < -0.39 is 11.8 Å². The van der Waals surface area contributed by atoms with E-state index in [4.69, 9.17) is 10.3 Å². The van der Waals surface area contributed by atoms with Gasteiger partial charge >= 0.3 is 0 Å². The van der Waals surface area contributed by atoms with Gasteiger partial charge < -0.3 is 10.3 Å². The standard InChI is InChI=1S/C19H21N5O3S/c1-19(2,3)13-8-6-12(7-9-13)17(26)21-15(25)11-28-18-23-22-16(24(18)20)14-5-4-10-27-14/h4-10H,11,20H2,1-3H3,(H,21,25,26). The average Bonchev–Trinajstić information content (AvgIpc) is 3.29. The number of carbonyl (C=O) groups excluding carboxylic acids is 2. The number of aromatic nitrogens is 3. The van der Waals surface area contributed by atoms with Crippen LogP contribution in [0.25, 0.3) is 11.6 Å². The van der Waals surface area contributed by atoms with E-state index in [2.05, 4.69) is 36.3 Å². The first-order valence-corrected chi connectivity index (χ1v) is 9.56. The molecule has 28 heavy (non-hydrogen) atoms. The van der Waals surface area contributed by atoms with Crippen LogP contribution in [0.4, 0.5) is 0 Å². The topological polar surface area (TPSA) is 116 Å². The molecule has 146 valence electrons. The number of carbonyl (C=O) groups is 2. The molecule has 0 aliphatic carbocycles. The quantitative estimate of drug-likeness (QED) is 0.500. The third-order valence-electron chi connectivity index (χ3n) is 4.00. The predicted octanol–water partition coefficient (Wildman–Crippen LogP) is 2.60. The molecule has 0 spiro atoms. The predicted molar refractivity (Wildman–Crippen MR) is 106 cm³/mol. The van der Waals surface area contributed by atoms with Gasteiger partial charge in [0.25, 0.3) is 5.91 Å². The summed E-state index contributed by atoms with van der Waals surface area (Å²) in [6, 6.07) is 10.6. The van der Waals surface area contributed by atoms with Crippen molar-refractivity contribution in [3.8, 4) is 11.6 Å². The van der Waals surface area contributed by atoms with Crippen molar-refractivity contribution >= 4 is 23.6 Å². The second-order valence-corrected chi connectivity index (χ2v) is 8.09. The Labute approximate surface area is 166 Å². The van der Waals surface area contributed by atoms with Crippen LogP contribution in [-0.4, -0.2) is 32.4 Å². The molecule has 1 aromatic carbocycles. The lowest BCUT2D eigenvalue weighted by Gasteiger charge is -2.18. The van der Waals surface area contributed by atoms with E-state index in [1.54, 1.807) is 24.3 Å². The first-order chi connectivity index (χ1) is 13.3. The molecule has 0 saturated carbocycles. The number of imide groups is 1. The Bertz CT molecular complexity index is 972. The van der Waals surface area contributed by atoms with E-state index in [1.807, 2.05) is 12.1 Å². The van der Waals surface area contributed by atoms with Crippen molar-refractivity contribution < 1.29 is 14.0 Å². The Morgan fingerprint density at radius 3 is 2.50 bits per heavy atom. The Kier molecular flexibility index (Phi) is 5.55. The van der Waals surface area contributed by atoms with Gasteiger partial charge in [-0.05, 0) is 35.2 Å². The van der Waals surface area contributed by atoms with Crippen LogP contribution >= 0.6 is 11.8 Å². The number of nitrogens with zero attached hydrogens (tertiary/aromatic N) is 3. The molecule has 0 saturated heterocycles. The van der Waals surface area contributed by atoms with E-state index in [1.165, 1.54) is 10.9 Å². The van der Waals surface area contributed by atoms with Crippen molar-refractivity contribution in [1.82, 2.24) is 20.2 Å². The monoisotopic (exact) mass is 399 g/mol. The summed E-state index contributed by atoms with van der Waals surface area (Å²) in [4.78, 5) is 24.3. The number of rotatable bonds is 5. The Morgan fingerprint density at radius 2 is 1.89 bits per heavy atom. The fourth-order valence-corrected chi connectivity index (χ4v) is 3.09. The lowest BCUT2D eigenvalue weighted by atomic mass is 9.87. The largest absolute Gasteiger partial charge is 0.461 e. The number of hydrogen-bond donors (Lipinski definition) is 2. The summed E-state index contributed by atoms with van der Waals surface area (Å²) in [6.45, 7) is 6.28. The molecule has 0 aliphatic heterocycles. The van der Waals surface area contributed by atoms with Crippen LogP contribution in [0.3, 0.4) is 0 Å². The summed E-state index contributed by atoms with van der Waals surface area (Å²) in [6.07, 6.45) is 1.50. The second kappa shape index (κ2) is 7.89. The van der Waals surface area contributed by atoms with Crippen LogP contribution in [-0.2, 0) is 10.2 Å². The van der Waals surface area contributed by atoms with Crippen molar-refractivity contribution in [1.29, 1.82) is 0 Å². The first-order valence-electron chi connectivity index (χ1n) is 8.57. The molecule has 0 bridgehead atoms. The molecule has 8 nitrogen and oxygen atoms in total. The maximum atomic E-state index is 12.2. The van der Waals surface area contributed by atoms with E-state index in [-0.39, 0.29) is 11.2 Å². The number of nitrogen functional groups attached to an aromatic ring is 1. The molecule has 0 unspecified atom stereocenters. The van der Waals surface area contributed by atoms with E-state index in [9.17, 15) is 9.59 Å². The number of nitrogens with one attached hydrogen (secondary N) is 1. The molecule has 2 amide bonds. The zero-order valence-electron chi connectivity index (χ0n) is 15.8. The lowest BCUT2D eigenvalue weighted by Crippen LogP contribution is -2.32. The van der Waals surface area contributed by atoms with Gasteiger partial charge in [-0.2, -0.15) is 0 Å². The van der Waals surface area contributed by atoms with Crippen LogP contribution in [0.5, 0.6) is 0 Å². The molecule has 2 heterocycles. The highest BCUT2D eigenvalue weighted by molar-refractivity contribution is 7.99. The van der Waals surface area contributed by atoms with Crippen LogP contribution in [0, 0.1) is 0 Å². The Balaban J connectivity index is 1.57. The summed E-state index contributed by atoms with van der Waals surface area (Å²) in [5.41, 5.74) is 1.53. The van der Waals surface area contributed by atoms with Gasteiger partial charge in [0, 0.05) is 5.56 Å². The minimum Gasteiger partial charge on any atom is -0.461 e. The zero-order chi connectivity index (χ0) is 20.3. The van der Waals surface area contributed by atoms with Gasteiger partial charge in [-0.25, -0.2) is 4.68 Å². The minimum absolute atomic E-state index is 0.00581. The lowest BCUT2D eigenvalue weighted by molar-refractivity contribution is -0.117. The molecule has 2 aromatic heterocycles. The van der Waals surface area contributed by atoms with Crippen LogP contribution in [0.15, 0.2) is 52.2 Å². The van der Waals surface area contributed by atoms with Crippen molar-refractivity contribution in [3.63, 3.8) is 0 Å². The number of thioether (sulfide) groups is 1. The van der Waals surface area contributed by atoms with Gasteiger partial charge in [0.05, 0.1) is 12.0 Å². The molecule has 0 radical (unpaired) electrons. The first kappa shape index (κ1) is 19.7. The van der Waals surface area contributed by atoms with Crippen LogP contribution in [0.1, 0.15) is 36.7 Å². The molecule has 3 N–H and O–H groups in total. The summed E-state index contributed by atoms with van der Waals surface area (Å²) < 4.78 is 6.47. The minimum atomic E-state index is -0.448. The smallest absolute Gasteiger partial charge is 0.257 e. The van der Waals surface area contributed by atoms with Gasteiger partial charge in [-0.1, -0.05) is 44.7 Å². The van der Waals surface area contributed by atoms with Crippen LogP contribution < -0.4 is 11.2 Å². The maximum absolute atomic E-state index is 12.2. The van der Waals surface area contributed by atoms with Gasteiger partial charge in [-0.3, -0.25) is 14.9 Å². The Hall–Kier alpha value is -3.07. The second-order valence-electron chi connectivity index (χ2n) is 7.15. The van der Waals surface area contributed by atoms with Crippen molar-refractivity contribution in [3.05, 3.63) is 53.8 Å². The number of furan rings is 1.